The van der Waals surface area contributed by atoms with E-state index >= 15 is 0 Å². The number of halogens is 1. The predicted molar refractivity (Wildman–Crippen MR) is 48.6 cm³/mol. The van der Waals surface area contributed by atoms with Crippen molar-refractivity contribution in [3.05, 3.63) is 0 Å². The van der Waals surface area contributed by atoms with Gasteiger partial charge in [0, 0.05) is 12.3 Å². The van der Waals surface area contributed by atoms with E-state index in [9.17, 15) is 9.59 Å². The molecule has 1 rings (SSSR count). The second-order valence-corrected chi connectivity index (χ2v) is 3.99. The Balaban J connectivity index is 2.30. The summed E-state index contributed by atoms with van der Waals surface area (Å²) < 4.78 is 0. The lowest BCUT2D eigenvalue weighted by atomic mass is 9.81. The Morgan fingerprint density at radius 1 is 1.23 bits per heavy atom. The molecule has 1 aliphatic carbocycles. The lowest BCUT2D eigenvalue weighted by Gasteiger charge is -2.24. The van der Waals surface area contributed by atoms with Gasteiger partial charge < -0.3 is 5.11 Å². The zero-order valence-electron chi connectivity index (χ0n) is 7.33. The maximum atomic E-state index is 10.8. The van der Waals surface area contributed by atoms with Gasteiger partial charge in [-0.15, -0.1) is 0 Å². The predicted octanol–water partition coefficient (Wildman–Crippen LogP) is 2.03. The fraction of sp³-hybridized carbons (Fsp3) is 0.778. The van der Waals surface area contributed by atoms with Gasteiger partial charge >= 0.3 is 5.97 Å². The van der Waals surface area contributed by atoms with E-state index in [0.29, 0.717) is 0 Å². The van der Waals surface area contributed by atoms with Crippen LogP contribution in [0.25, 0.3) is 0 Å². The van der Waals surface area contributed by atoms with Gasteiger partial charge in [-0.05, 0) is 43.2 Å². The van der Waals surface area contributed by atoms with Crippen molar-refractivity contribution in [1.29, 1.82) is 0 Å². The van der Waals surface area contributed by atoms with Crippen LogP contribution in [0.3, 0.4) is 0 Å². The third kappa shape index (κ3) is 3.35. The number of carbonyl (C=O) groups is 2. The molecule has 1 fully saturated rings. The number of hydrogen-bond acceptors (Lipinski definition) is 2. The molecule has 0 bridgehead atoms. The zero-order valence-corrected chi connectivity index (χ0v) is 8.09. The second kappa shape index (κ2) is 4.61. The third-order valence-electron chi connectivity index (χ3n) is 2.63. The highest BCUT2D eigenvalue weighted by molar-refractivity contribution is 6.63. The molecule has 0 saturated heterocycles. The summed E-state index contributed by atoms with van der Waals surface area (Å²) in [7, 11) is 0. The molecule has 0 amide bonds. The number of carbonyl (C=O) groups excluding carboxylic acids is 1. The van der Waals surface area contributed by atoms with Crippen molar-refractivity contribution >= 4 is 22.8 Å². The fourth-order valence-electron chi connectivity index (χ4n) is 1.84. The van der Waals surface area contributed by atoms with Crippen molar-refractivity contribution in [3.8, 4) is 0 Å². The fourth-order valence-corrected chi connectivity index (χ4v) is 2.06. The number of hydrogen-bond donors (Lipinski definition) is 1. The summed E-state index contributed by atoms with van der Waals surface area (Å²) >= 11 is 5.35. The largest absolute Gasteiger partial charge is 0.481 e. The smallest absolute Gasteiger partial charge is 0.303 e. The normalized spacial score (nSPS) is 28.4. The van der Waals surface area contributed by atoms with Crippen molar-refractivity contribution in [1.82, 2.24) is 0 Å². The van der Waals surface area contributed by atoms with E-state index in [0.717, 1.165) is 25.7 Å². The van der Waals surface area contributed by atoms with Crippen LogP contribution >= 0.6 is 11.6 Å². The molecular formula is C9H13ClO3. The van der Waals surface area contributed by atoms with Crippen LogP contribution in [0.15, 0.2) is 0 Å². The summed E-state index contributed by atoms with van der Waals surface area (Å²) in [6.07, 6.45) is 3.36. The van der Waals surface area contributed by atoms with Crippen LogP contribution in [0.4, 0.5) is 0 Å². The van der Waals surface area contributed by atoms with Gasteiger partial charge in [0.1, 0.15) is 0 Å². The van der Waals surface area contributed by atoms with E-state index in [1.54, 1.807) is 0 Å². The van der Waals surface area contributed by atoms with E-state index in [4.69, 9.17) is 16.7 Å². The van der Waals surface area contributed by atoms with Crippen molar-refractivity contribution in [2.24, 2.45) is 11.8 Å². The highest BCUT2D eigenvalue weighted by Gasteiger charge is 2.26. The standard InChI is InChI=1S/C9H13ClO3/c10-9(13)7-3-1-6(2-4-7)5-8(11)12/h6-7H,1-5H2,(H,11,12). The number of carboxylic acids is 1. The van der Waals surface area contributed by atoms with Gasteiger partial charge in [0.2, 0.25) is 5.24 Å². The minimum absolute atomic E-state index is 0.0355. The van der Waals surface area contributed by atoms with Gasteiger partial charge in [-0.2, -0.15) is 0 Å². The first-order chi connectivity index (χ1) is 6.09. The second-order valence-electron chi connectivity index (χ2n) is 3.62. The van der Waals surface area contributed by atoms with Gasteiger partial charge in [0.15, 0.2) is 0 Å². The average Bonchev–Trinajstić information content (AvgIpc) is 2.04. The van der Waals surface area contributed by atoms with Crippen LogP contribution in [0, 0.1) is 11.8 Å². The highest BCUT2D eigenvalue weighted by atomic mass is 35.5. The lowest BCUT2D eigenvalue weighted by molar-refractivity contribution is -0.138. The highest BCUT2D eigenvalue weighted by Crippen LogP contribution is 2.31. The Morgan fingerprint density at radius 2 is 1.77 bits per heavy atom. The topological polar surface area (TPSA) is 54.4 Å². The molecule has 4 heteroatoms. The van der Waals surface area contributed by atoms with Crippen molar-refractivity contribution in [2.45, 2.75) is 32.1 Å². The Kier molecular flexibility index (Phi) is 3.72. The molecule has 0 aliphatic heterocycles. The van der Waals surface area contributed by atoms with Crippen LogP contribution in [-0.4, -0.2) is 16.3 Å². The van der Waals surface area contributed by atoms with Crippen LogP contribution in [0.5, 0.6) is 0 Å². The van der Waals surface area contributed by atoms with Gasteiger partial charge in [0.05, 0.1) is 0 Å². The van der Waals surface area contributed by atoms with Crippen LogP contribution < -0.4 is 0 Å². The summed E-state index contributed by atoms with van der Waals surface area (Å²) in [5, 5.41) is 8.28. The lowest BCUT2D eigenvalue weighted by Crippen LogP contribution is -2.20. The van der Waals surface area contributed by atoms with E-state index in [2.05, 4.69) is 0 Å². The molecule has 1 aliphatic rings. The molecule has 0 radical (unpaired) electrons. The molecule has 0 unspecified atom stereocenters. The molecule has 0 atom stereocenters. The Hall–Kier alpha value is -0.570. The molecule has 0 heterocycles. The number of aliphatic carboxylic acids is 1. The maximum absolute atomic E-state index is 10.8. The van der Waals surface area contributed by atoms with Crippen molar-refractivity contribution < 1.29 is 14.7 Å². The number of carboxylic acid groups (broad SMARTS) is 1. The summed E-state index contributed by atoms with van der Waals surface area (Å²) in [6, 6.07) is 0. The molecule has 1 N–H and O–H groups in total. The summed E-state index contributed by atoms with van der Waals surface area (Å²) in [5.41, 5.74) is 0. The Bertz CT molecular complexity index is 207. The minimum Gasteiger partial charge on any atom is -0.481 e. The molecule has 3 nitrogen and oxygen atoms in total. The third-order valence-corrected chi connectivity index (χ3v) is 2.94. The molecule has 0 aromatic rings. The molecule has 13 heavy (non-hydrogen) atoms. The number of rotatable bonds is 3. The van der Waals surface area contributed by atoms with Gasteiger partial charge in [0.25, 0.3) is 0 Å². The van der Waals surface area contributed by atoms with Crippen LogP contribution in [-0.2, 0) is 9.59 Å². The quantitative estimate of drug-likeness (QED) is 0.716. The summed E-state index contributed by atoms with van der Waals surface area (Å²) in [4.78, 5) is 21.2. The SMILES string of the molecule is O=C(O)CC1CCC(C(=O)Cl)CC1. The summed E-state index contributed by atoms with van der Waals surface area (Å²) in [5.74, 6) is -0.544. The molecular weight excluding hydrogens is 192 g/mol. The zero-order chi connectivity index (χ0) is 9.84. The molecule has 0 spiro atoms. The van der Waals surface area contributed by atoms with Crippen LogP contribution in [0.1, 0.15) is 32.1 Å². The van der Waals surface area contributed by atoms with Gasteiger partial charge in [-0.3, -0.25) is 9.59 Å². The van der Waals surface area contributed by atoms with E-state index in [1.807, 2.05) is 0 Å². The molecule has 0 aromatic heterocycles. The van der Waals surface area contributed by atoms with Crippen molar-refractivity contribution in [2.75, 3.05) is 0 Å². The monoisotopic (exact) mass is 204 g/mol. The van der Waals surface area contributed by atoms with Gasteiger partial charge in [-0.1, -0.05) is 0 Å². The first-order valence-corrected chi connectivity index (χ1v) is 4.88. The van der Waals surface area contributed by atoms with E-state index in [-0.39, 0.29) is 23.5 Å². The van der Waals surface area contributed by atoms with Gasteiger partial charge in [-0.25, -0.2) is 0 Å². The molecule has 0 aromatic carbocycles. The maximum Gasteiger partial charge on any atom is 0.303 e. The van der Waals surface area contributed by atoms with Crippen LogP contribution in [0.2, 0.25) is 0 Å². The first kappa shape index (κ1) is 10.5. The molecule has 74 valence electrons. The average molecular weight is 205 g/mol. The summed E-state index contributed by atoms with van der Waals surface area (Å²) in [6.45, 7) is 0. The Labute approximate surface area is 82.1 Å². The van der Waals surface area contributed by atoms with E-state index < -0.39 is 5.97 Å². The Morgan fingerprint density at radius 3 is 2.15 bits per heavy atom. The first-order valence-electron chi connectivity index (χ1n) is 4.50. The van der Waals surface area contributed by atoms with E-state index in [1.165, 1.54) is 0 Å². The minimum atomic E-state index is -0.749. The van der Waals surface area contributed by atoms with Crippen molar-refractivity contribution in [3.63, 3.8) is 0 Å². The molecule has 1 saturated carbocycles.